The SMILES string of the molecule is CC(=O)NCCOCCOCCOCCC(=O)N1C[C@H](NC(=O)COc2cc(C#N)cc(C#N)c2)C[C@H]1C(=O)NCC(=O)N[C@@H](Cc1ccc2ccccc2c1)C(=O)NCCCC[C@H](NC(=O)N[C@@H](CCC(=O)O)C(=O)O)C(=O)O. The number of likely N-dealkylation sites (tertiary alicyclic amines) is 1. The maximum Gasteiger partial charge on any atom is 0.326 e. The molecule has 430 valence electrons. The summed E-state index contributed by atoms with van der Waals surface area (Å²) >= 11 is 0. The summed E-state index contributed by atoms with van der Waals surface area (Å²) in [7, 11) is 0. The van der Waals surface area contributed by atoms with Crippen LogP contribution in [0.4, 0.5) is 4.79 Å². The van der Waals surface area contributed by atoms with Gasteiger partial charge in [0.05, 0.1) is 75.9 Å². The van der Waals surface area contributed by atoms with Gasteiger partial charge in [-0.05, 0) is 66.6 Å². The van der Waals surface area contributed by atoms with Crippen LogP contribution in [0, 0.1) is 22.7 Å². The number of benzene rings is 3. The summed E-state index contributed by atoms with van der Waals surface area (Å²) in [5, 5.41) is 65.8. The van der Waals surface area contributed by atoms with E-state index in [0.717, 1.165) is 10.8 Å². The van der Waals surface area contributed by atoms with E-state index in [4.69, 9.17) is 24.1 Å². The fourth-order valence-corrected chi connectivity index (χ4v) is 8.13. The average molecular weight is 1120 g/mol. The fraction of sp³-hybridized carbons (Fsp3) is 0.472. The smallest absolute Gasteiger partial charge is 0.326 e. The zero-order valence-electron chi connectivity index (χ0n) is 44.0. The standard InChI is InChI=1S/C53H66N10O17/c1-33(64)56-15-17-78-19-21-79-20-18-77-16-13-47(67)63-31-39(59-46(66)32-80-40-24-35(28-54)22-36(25-40)29-55)27-44(63)50(71)58-30-45(65)60-43(26-34-9-10-37-6-2-3-7-38(37)23-34)49(70)57-14-5-4-8-41(51(72)73)61-53(76)62-42(52(74)75)11-12-48(68)69/h2-3,6-7,9-10,22-25,39,41-44H,4-5,8,11-21,26-27,30-32H2,1H3,(H,56,64)(H,57,70)(H,58,71)(H,59,66)(H,60,65)(H,68,69)(H,72,73)(H,74,75)(H2,61,62,76)/t39-,41+,42+,43+,44+/m1/s1. The van der Waals surface area contributed by atoms with E-state index in [-0.39, 0.29) is 107 Å². The van der Waals surface area contributed by atoms with Crippen LogP contribution >= 0.6 is 0 Å². The second kappa shape index (κ2) is 34.1. The first-order valence-corrected chi connectivity index (χ1v) is 25.6. The topological polar surface area (TPSA) is 403 Å². The van der Waals surface area contributed by atoms with Gasteiger partial charge in [-0.3, -0.25) is 33.6 Å². The monoisotopic (exact) mass is 1110 g/mol. The van der Waals surface area contributed by atoms with E-state index in [0.29, 0.717) is 18.7 Å². The number of hydrogen-bond donors (Lipinski definition) is 10. The van der Waals surface area contributed by atoms with Crippen LogP contribution in [-0.4, -0.2) is 182 Å². The van der Waals surface area contributed by atoms with Crippen LogP contribution in [0.1, 0.15) is 68.6 Å². The maximum atomic E-state index is 13.9. The van der Waals surface area contributed by atoms with Crippen molar-refractivity contribution in [2.45, 2.75) is 88.5 Å². The van der Waals surface area contributed by atoms with Crippen LogP contribution in [0.3, 0.4) is 0 Å². The van der Waals surface area contributed by atoms with E-state index >= 15 is 0 Å². The third-order valence-corrected chi connectivity index (χ3v) is 12.0. The Kier molecular flexibility index (Phi) is 27.1. The molecule has 1 aliphatic rings. The molecule has 0 radical (unpaired) electrons. The number of hydrogen-bond acceptors (Lipinski definition) is 16. The van der Waals surface area contributed by atoms with Crippen molar-refractivity contribution in [1.82, 2.24) is 42.1 Å². The molecule has 0 spiro atoms. The van der Waals surface area contributed by atoms with Gasteiger partial charge in [-0.15, -0.1) is 0 Å². The summed E-state index contributed by atoms with van der Waals surface area (Å²) in [6.45, 7) is 1.63. The molecule has 1 fully saturated rings. The average Bonchev–Trinajstić information content (AvgIpc) is 3.86. The Morgan fingerprint density at radius 2 is 1.31 bits per heavy atom. The molecule has 5 atom stereocenters. The molecule has 80 heavy (non-hydrogen) atoms. The number of nitrogens with one attached hydrogen (secondary N) is 7. The predicted molar refractivity (Wildman–Crippen MR) is 280 cm³/mol. The molecule has 27 nitrogen and oxygen atoms in total. The number of amides is 8. The largest absolute Gasteiger partial charge is 0.484 e. The van der Waals surface area contributed by atoms with Crippen molar-refractivity contribution >= 4 is 70.2 Å². The number of carbonyl (C=O) groups excluding carboxylic acids is 7. The summed E-state index contributed by atoms with van der Waals surface area (Å²) in [6.07, 6.45) is -1.01. The normalized spacial score (nSPS) is 14.7. The Morgan fingerprint density at radius 1 is 0.675 bits per heavy atom. The Labute approximate surface area is 460 Å². The van der Waals surface area contributed by atoms with Gasteiger partial charge in [0.1, 0.15) is 29.9 Å². The molecule has 3 aromatic rings. The first-order chi connectivity index (χ1) is 38.3. The molecule has 4 rings (SSSR count). The van der Waals surface area contributed by atoms with Gasteiger partial charge in [0.15, 0.2) is 6.61 Å². The predicted octanol–water partition coefficient (Wildman–Crippen LogP) is -0.176. The van der Waals surface area contributed by atoms with Crippen LogP contribution in [0.25, 0.3) is 10.8 Å². The highest BCUT2D eigenvalue weighted by molar-refractivity contribution is 5.93. The van der Waals surface area contributed by atoms with Gasteiger partial charge in [0.25, 0.3) is 5.91 Å². The van der Waals surface area contributed by atoms with Crippen molar-refractivity contribution in [3.8, 4) is 17.9 Å². The second-order valence-electron chi connectivity index (χ2n) is 18.2. The molecule has 0 unspecified atom stereocenters. The van der Waals surface area contributed by atoms with Gasteiger partial charge in [-0.1, -0.05) is 42.5 Å². The van der Waals surface area contributed by atoms with Gasteiger partial charge in [-0.2, -0.15) is 10.5 Å². The van der Waals surface area contributed by atoms with E-state index < -0.39 is 110 Å². The lowest BCUT2D eigenvalue weighted by atomic mass is 10.0. The molecule has 27 heteroatoms. The minimum absolute atomic E-state index is 0.00235. The Bertz CT molecular complexity index is 2720. The van der Waals surface area contributed by atoms with Crippen LogP contribution in [0.2, 0.25) is 0 Å². The van der Waals surface area contributed by atoms with E-state index in [1.165, 1.54) is 30.0 Å². The highest BCUT2D eigenvalue weighted by atomic mass is 16.5. The number of nitriles is 2. The van der Waals surface area contributed by atoms with Crippen LogP contribution in [0.5, 0.6) is 5.75 Å². The molecular weight excluding hydrogens is 1050 g/mol. The lowest BCUT2D eigenvalue weighted by Gasteiger charge is -2.24. The summed E-state index contributed by atoms with van der Waals surface area (Å²) in [5.41, 5.74) is 0.956. The lowest BCUT2D eigenvalue weighted by Crippen LogP contribution is -2.52. The van der Waals surface area contributed by atoms with Crippen molar-refractivity contribution in [3.05, 3.63) is 77.4 Å². The van der Waals surface area contributed by atoms with Crippen molar-refractivity contribution < 1.29 is 82.2 Å². The van der Waals surface area contributed by atoms with E-state index in [9.17, 15) is 68.7 Å². The lowest BCUT2D eigenvalue weighted by molar-refractivity contribution is -0.141. The molecular formula is C53H66N10O17. The Morgan fingerprint density at radius 3 is 1.95 bits per heavy atom. The minimum Gasteiger partial charge on any atom is -0.484 e. The molecule has 1 aliphatic heterocycles. The molecule has 8 amide bonds. The third-order valence-electron chi connectivity index (χ3n) is 12.0. The number of nitrogens with zero attached hydrogens (tertiary/aromatic N) is 3. The highest BCUT2D eigenvalue weighted by Crippen LogP contribution is 2.21. The van der Waals surface area contributed by atoms with Crippen molar-refractivity contribution in [2.24, 2.45) is 0 Å². The molecule has 10 N–H and O–H groups in total. The van der Waals surface area contributed by atoms with E-state index in [1.54, 1.807) is 6.07 Å². The van der Waals surface area contributed by atoms with Crippen LogP contribution in [-0.2, 0) is 63.8 Å². The molecule has 1 saturated heterocycles. The van der Waals surface area contributed by atoms with Crippen molar-refractivity contribution in [1.29, 1.82) is 10.5 Å². The number of urea groups is 1. The van der Waals surface area contributed by atoms with Crippen molar-refractivity contribution in [3.63, 3.8) is 0 Å². The molecule has 0 aromatic heterocycles. The number of fused-ring (bicyclic) bond motifs is 1. The number of ether oxygens (including phenoxy) is 4. The molecule has 3 aromatic carbocycles. The van der Waals surface area contributed by atoms with Gasteiger partial charge in [-0.25, -0.2) is 14.4 Å². The third kappa shape index (κ3) is 23.4. The summed E-state index contributed by atoms with van der Waals surface area (Å²) in [4.78, 5) is 127. The second-order valence-corrected chi connectivity index (χ2v) is 18.2. The zero-order valence-corrected chi connectivity index (χ0v) is 44.0. The number of aliphatic carboxylic acids is 3. The van der Waals surface area contributed by atoms with Crippen LogP contribution in [0.15, 0.2) is 60.7 Å². The first kappa shape index (κ1) is 63.6. The molecule has 1 heterocycles. The van der Waals surface area contributed by atoms with Crippen molar-refractivity contribution in [2.75, 3.05) is 72.4 Å². The van der Waals surface area contributed by atoms with E-state index in [2.05, 4.69) is 37.2 Å². The fourth-order valence-electron chi connectivity index (χ4n) is 8.13. The number of carbonyl (C=O) groups is 10. The number of carboxylic acid groups (broad SMARTS) is 3. The summed E-state index contributed by atoms with van der Waals surface area (Å²) < 4.78 is 22.0. The Hall–Kier alpha value is -8.92. The number of rotatable bonds is 35. The van der Waals surface area contributed by atoms with Gasteiger partial charge in [0, 0.05) is 45.4 Å². The maximum absolute atomic E-state index is 13.9. The molecule has 0 saturated carbocycles. The minimum atomic E-state index is -1.59. The van der Waals surface area contributed by atoms with Gasteiger partial charge in [0.2, 0.25) is 29.5 Å². The zero-order chi connectivity index (χ0) is 58.4. The molecule has 0 aliphatic carbocycles. The molecule has 0 bridgehead atoms. The van der Waals surface area contributed by atoms with Crippen LogP contribution < -0.4 is 42.0 Å². The summed E-state index contributed by atoms with van der Waals surface area (Å²) in [5.74, 6) is -7.56. The van der Waals surface area contributed by atoms with E-state index in [1.807, 2.05) is 48.5 Å². The summed E-state index contributed by atoms with van der Waals surface area (Å²) in [6, 6.07) is 13.5. The quantitative estimate of drug-likeness (QED) is 0.0342. The van der Waals surface area contributed by atoms with Gasteiger partial charge >= 0.3 is 23.9 Å². The van der Waals surface area contributed by atoms with Gasteiger partial charge < -0.3 is 76.4 Å². The Balaban J connectivity index is 1.36. The number of carboxylic acids is 3. The first-order valence-electron chi connectivity index (χ1n) is 25.6. The number of unbranched alkanes of at least 4 members (excludes halogenated alkanes) is 1. The highest BCUT2D eigenvalue weighted by Gasteiger charge is 2.40.